The average Bonchev–Trinajstić information content (AvgIpc) is 3.91. The van der Waals surface area contributed by atoms with E-state index >= 15 is 0 Å². The molecule has 4 fully saturated rings. The van der Waals surface area contributed by atoms with Gasteiger partial charge in [0.1, 0.15) is 27.9 Å². The maximum Gasteiger partial charge on any atom is 0.312 e. The summed E-state index contributed by atoms with van der Waals surface area (Å²) in [5, 5.41) is 25.6. The second-order valence-electron chi connectivity index (χ2n) is 19.3. The number of hydrogen-bond donors (Lipinski definition) is 4. The number of fused-ring (bicyclic) bond motifs is 1. The Morgan fingerprint density at radius 1 is 1.03 bits per heavy atom. The van der Waals surface area contributed by atoms with Crippen LogP contribution in [-0.4, -0.2) is 88.6 Å². The highest BCUT2D eigenvalue weighted by Gasteiger charge is 2.49. The number of benzene rings is 2. The van der Waals surface area contributed by atoms with E-state index in [0.717, 1.165) is 69.8 Å². The number of H-pyrrole nitrogens is 1. The van der Waals surface area contributed by atoms with Crippen molar-refractivity contribution in [3.63, 3.8) is 0 Å². The number of nitrogens with zero attached hydrogens (tertiary/aromatic N) is 5. The van der Waals surface area contributed by atoms with E-state index in [9.17, 15) is 32.8 Å². The lowest BCUT2D eigenvalue weighted by Crippen LogP contribution is -2.63. The first-order chi connectivity index (χ1) is 31.1. The number of nitrogens with one attached hydrogen (secondary N) is 3. The molecule has 5 aromatic rings. The summed E-state index contributed by atoms with van der Waals surface area (Å²) in [5.41, 5.74) is 2.84. The molecule has 4 N–H and O–H groups in total. The largest absolute Gasteiger partial charge is 0.455 e. The third kappa shape index (κ3) is 9.27. The minimum atomic E-state index is -4.68. The molecule has 0 unspecified atom stereocenters. The van der Waals surface area contributed by atoms with E-state index in [2.05, 4.69) is 68.2 Å². The van der Waals surface area contributed by atoms with Crippen molar-refractivity contribution in [3.05, 3.63) is 106 Å². The van der Waals surface area contributed by atoms with Gasteiger partial charge in [0, 0.05) is 62.8 Å². The Hall–Kier alpha value is -5.65. The lowest BCUT2D eigenvalue weighted by molar-refractivity contribution is -0.384. The Kier molecular flexibility index (Phi) is 12.1. The van der Waals surface area contributed by atoms with Crippen LogP contribution in [0.15, 0.2) is 78.1 Å². The number of carbonyl (C=O) groups excluding carboxylic acids is 1. The van der Waals surface area contributed by atoms with Crippen LogP contribution in [0, 0.1) is 27.3 Å². The lowest BCUT2D eigenvalue weighted by Gasteiger charge is -2.57. The minimum absolute atomic E-state index is 0.0178. The second kappa shape index (κ2) is 17.6. The van der Waals surface area contributed by atoms with Gasteiger partial charge in [0.05, 0.1) is 33.9 Å². The van der Waals surface area contributed by atoms with E-state index in [1.54, 1.807) is 19.1 Å². The molecule has 9 rings (SSSR count). The van der Waals surface area contributed by atoms with E-state index in [4.69, 9.17) is 4.74 Å². The number of anilines is 2. The van der Waals surface area contributed by atoms with Crippen LogP contribution in [0.5, 0.6) is 11.5 Å². The van der Waals surface area contributed by atoms with Gasteiger partial charge in [0.15, 0.2) is 0 Å². The molecule has 0 radical (unpaired) electrons. The van der Waals surface area contributed by atoms with Gasteiger partial charge in [-0.05, 0) is 111 Å². The van der Waals surface area contributed by atoms with Crippen LogP contribution in [0.3, 0.4) is 0 Å². The molecule has 2 saturated carbocycles. The summed E-state index contributed by atoms with van der Waals surface area (Å²) >= 11 is 0. The van der Waals surface area contributed by atoms with Crippen molar-refractivity contribution in [2.24, 2.45) is 11.3 Å². The molecule has 0 bridgehead atoms. The fraction of sp³-hybridized carbons (Fsp3) is 0.479. The smallest absolute Gasteiger partial charge is 0.312 e. The molecule has 1 spiro atoms. The molecule has 2 aliphatic carbocycles. The quantitative estimate of drug-likeness (QED) is 0.0650. The van der Waals surface area contributed by atoms with Gasteiger partial charge in [0.2, 0.25) is 5.82 Å². The molecule has 3 aromatic heterocycles. The van der Waals surface area contributed by atoms with Crippen LogP contribution in [-0.2, 0) is 10.0 Å². The number of ether oxygens (including phenoxy) is 1. The van der Waals surface area contributed by atoms with E-state index in [-0.39, 0.29) is 39.6 Å². The van der Waals surface area contributed by atoms with Crippen molar-refractivity contribution in [3.8, 4) is 11.5 Å². The summed E-state index contributed by atoms with van der Waals surface area (Å²) in [7, 11) is -4.68. The molecule has 2 aliphatic heterocycles. The van der Waals surface area contributed by atoms with Crippen LogP contribution < -0.4 is 19.7 Å². The first-order valence-corrected chi connectivity index (χ1v) is 24.3. The van der Waals surface area contributed by atoms with Crippen molar-refractivity contribution < 1.29 is 32.4 Å². The number of nitro groups is 1. The number of piperidine rings is 1. The number of rotatable bonds is 13. The molecule has 1 amide bonds. The minimum Gasteiger partial charge on any atom is -0.455 e. The zero-order valence-corrected chi connectivity index (χ0v) is 37.9. The number of aromatic nitrogens is 3. The number of sulfonamides is 1. The van der Waals surface area contributed by atoms with Crippen molar-refractivity contribution >= 4 is 44.2 Å². The Morgan fingerprint density at radius 3 is 2.52 bits per heavy atom. The molecule has 65 heavy (non-hydrogen) atoms. The number of carbonyl (C=O) groups is 1. The SMILES string of the molecule is CC(C)c1ccccc1[C@H]1CCC[C@H]1N1CC2(CCN(c3ccc(C(=O)NS(=O)(=O)c4cnc(NC[C@H]5CC[C@](C)(O)CC5)c([N+](=O)[O-])c4)c(Oc4cnc5[nH]cc(F)c5c4)c3)CC2)C1. The molecular formula is C48H57FN8O7S. The van der Waals surface area contributed by atoms with Crippen molar-refractivity contribution in [1.82, 2.24) is 24.6 Å². The van der Waals surface area contributed by atoms with Crippen molar-refractivity contribution in [2.75, 3.05) is 42.9 Å². The van der Waals surface area contributed by atoms with E-state index < -0.39 is 42.9 Å². The van der Waals surface area contributed by atoms with E-state index in [1.807, 2.05) is 4.72 Å². The topological polar surface area (TPSA) is 196 Å². The molecule has 4 aliphatic rings. The van der Waals surface area contributed by atoms with Crippen LogP contribution in [0.25, 0.3) is 11.0 Å². The maximum atomic E-state index is 14.6. The first kappa shape index (κ1) is 44.5. The van der Waals surface area contributed by atoms with Crippen LogP contribution >= 0.6 is 0 Å². The van der Waals surface area contributed by atoms with E-state index in [1.165, 1.54) is 54.9 Å². The number of aromatic amines is 1. The molecule has 2 aromatic carbocycles. The average molecular weight is 909 g/mol. The molecule has 15 nitrogen and oxygen atoms in total. The zero-order chi connectivity index (χ0) is 45.7. The third-order valence-corrected chi connectivity index (χ3v) is 15.7. The Morgan fingerprint density at radius 2 is 1.78 bits per heavy atom. The number of aliphatic hydroxyl groups is 1. The van der Waals surface area contributed by atoms with Gasteiger partial charge in [0.25, 0.3) is 15.9 Å². The van der Waals surface area contributed by atoms with Gasteiger partial charge in [-0.15, -0.1) is 0 Å². The molecule has 5 heterocycles. The highest BCUT2D eigenvalue weighted by Crippen LogP contribution is 2.49. The maximum absolute atomic E-state index is 14.6. The first-order valence-electron chi connectivity index (χ1n) is 22.8. The molecule has 344 valence electrons. The normalized spacial score (nSPS) is 23.4. The second-order valence-corrected chi connectivity index (χ2v) is 21.0. The number of amides is 1. The standard InChI is InChI=1S/C48H57FN8O7S/c1-30(2)35-7-4-5-8-36(35)37-9-6-10-41(37)56-28-48(29-56)17-19-55(20-18-48)32-11-12-38(43(21-32)64-33-22-39-40(49)27-53-44(39)51-25-33)46(58)54-65(62,63)34-23-42(57(60)61)45(52-26-34)50-24-31-13-15-47(3,59)16-14-31/h4-5,7-8,11-12,21-23,25-27,30-31,37,41,59H,6,9-10,13-20,24,28-29H2,1-3H3,(H,50,52)(H,51,53)(H,54,58)/t31-,37-,41-,47-/m1/s1. The fourth-order valence-corrected chi connectivity index (χ4v) is 11.6. The van der Waals surface area contributed by atoms with Gasteiger partial charge < -0.3 is 25.0 Å². The molecule has 17 heteroatoms. The summed E-state index contributed by atoms with van der Waals surface area (Å²) in [6.45, 7) is 10.4. The zero-order valence-electron chi connectivity index (χ0n) is 37.1. The van der Waals surface area contributed by atoms with Gasteiger partial charge in [-0.1, -0.05) is 44.5 Å². The summed E-state index contributed by atoms with van der Waals surface area (Å²) in [4.78, 5) is 40.8. The predicted molar refractivity (Wildman–Crippen MR) is 246 cm³/mol. The molecule has 2 saturated heterocycles. The summed E-state index contributed by atoms with van der Waals surface area (Å²) < 4.78 is 50.3. The van der Waals surface area contributed by atoms with Gasteiger partial charge in [-0.25, -0.2) is 27.5 Å². The van der Waals surface area contributed by atoms with Gasteiger partial charge >= 0.3 is 5.69 Å². The Balaban J connectivity index is 0.905. The third-order valence-electron chi connectivity index (χ3n) is 14.4. The van der Waals surface area contributed by atoms with Crippen LogP contribution in [0.2, 0.25) is 0 Å². The van der Waals surface area contributed by atoms with E-state index in [0.29, 0.717) is 42.9 Å². The Bertz CT molecular complexity index is 2700. The number of hydrogen-bond acceptors (Lipinski definition) is 12. The van der Waals surface area contributed by atoms with Gasteiger partial charge in [-0.2, -0.15) is 0 Å². The summed E-state index contributed by atoms with van der Waals surface area (Å²) in [5.74, 6) is -0.353. The predicted octanol–water partition coefficient (Wildman–Crippen LogP) is 8.63. The lowest BCUT2D eigenvalue weighted by atomic mass is 9.70. The van der Waals surface area contributed by atoms with Crippen LogP contribution in [0.1, 0.15) is 112 Å². The number of likely N-dealkylation sites (tertiary alicyclic amines) is 1. The Labute approximate surface area is 378 Å². The van der Waals surface area contributed by atoms with Gasteiger partial charge in [-0.3, -0.25) is 19.8 Å². The van der Waals surface area contributed by atoms with Crippen LogP contribution in [0.4, 0.5) is 21.6 Å². The molecule has 2 atom stereocenters. The fourth-order valence-electron chi connectivity index (χ4n) is 10.7. The summed E-state index contributed by atoms with van der Waals surface area (Å²) in [6.07, 6.45) is 11.8. The van der Waals surface area contributed by atoms with Crippen molar-refractivity contribution in [2.45, 2.75) is 107 Å². The number of pyridine rings is 2. The highest BCUT2D eigenvalue weighted by atomic mass is 32.2. The monoisotopic (exact) mass is 908 g/mol. The molecular weight excluding hydrogens is 852 g/mol. The number of halogens is 1. The highest BCUT2D eigenvalue weighted by molar-refractivity contribution is 7.90. The van der Waals surface area contributed by atoms with Crippen molar-refractivity contribution in [1.29, 1.82) is 0 Å². The summed E-state index contributed by atoms with van der Waals surface area (Å²) in [6, 6.07) is 16.7.